The van der Waals surface area contributed by atoms with Gasteiger partial charge in [0.25, 0.3) is 0 Å². The van der Waals surface area contributed by atoms with Crippen LogP contribution in [0.4, 0.5) is 0 Å². The number of carbonyl (C=O) groups excluding carboxylic acids is 1. The molecule has 3 N–H and O–H groups in total. The molecule has 1 fully saturated rings. The van der Waals surface area contributed by atoms with Crippen LogP contribution in [-0.2, 0) is 4.79 Å². The van der Waals surface area contributed by atoms with Crippen LogP contribution in [0.2, 0.25) is 0 Å². The largest absolute Gasteiger partial charge is 0.302 e. The van der Waals surface area contributed by atoms with Gasteiger partial charge >= 0.3 is 0 Å². The summed E-state index contributed by atoms with van der Waals surface area (Å²) >= 11 is 0. The summed E-state index contributed by atoms with van der Waals surface area (Å²) in [5.41, 5.74) is 3.81. The molecule has 4 nitrogen and oxygen atoms in total. The van der Waals surface area contributed by atoms with Gasteiger partial charge in [-0.2, -0.15) is 0 Å². The van der Waals surface area contributed by atoms with Crippen molar-refractivity contribution in [1.29, 1.82) is 0 Å². The van der Waals surface area contributed by atoms with Crippen LogP contribution in [0.15, 0.2) is 30.3 Å². The van der Waals surface area contributed by atoms with Crippen LogP contribution in [0.5, 0.6) is 0 Å². The number of nitrogens with zero attached hydrogens (tertiary/aromatic N) is 1. The summed E-state index contributed by atoms with van der Waals surface area (Å²) in [6.45, 7) is 7.50. The van der Waals surface area contributed by atoms with Crippen molar-refractivity contribution in [2.75, 3.05) is 19.6 Å². The Labute approximate surface area is 127 Å². The first-order chi connectivity index (χ1) is 10.1. The molecule has 0 aromatic heterocycles. The third kappa shape index (κ3) is 4.05. The summed E-state index contributed by atoms with van der Waals surface area (Å²) in [6.07, 6.45) is 3.64. The SMILES string of the molecule is CCC1(C)CCN(CC(C(=O)NN)c2ccccc2)CC1. The summed E-state index contributed by atoms with van der Waals surface area (Å²) in [6, 6.07) is 9.90. The number of piperidine rings is 1. The number of hydrogen-bond donors (Lipinski definition) is 2. The van der Waals surface area contributed by atoms with E-state index in [0.717, 1.165) is 25.2 Å². The van der Waals surface area contributed by atoms with Gasteiger partial charge in [0.2, 0.25) is 5.91 Å². The second kappa shape index (κ2) is 7.05. The molecule has 0 bridgehead atoms. The number of benzene rings is 1. The molecular formula is C17H27N3O. The maximum Gasteiger partial charge on any atom is 0.242 e. The highest BCUT2D eigenvalue weighted by atomic mass is 16.2. The third-order valence-corrected chi connectivity index (χ3v) is 5.02. The first-order valence-corrected chi connectivity index (χ1v) is 7.86. The van der Waals surface area contributed by atoms with Gasteiger partial charge in [-0.25, -0.2) is 5.84 Å². The molecular weight excluding hydrogens is 262 g/mol. The minimum atomic E-state index is -0.192. The summed E-state index contributed by atoms with van der Waals surface area (Å²) in [5.74, 6) is 5.06. The lowest BCUT2D eigenvalue weighted by atomic mass is 9.78. The topological polar surface area (TPSA) is 58.4 Å². The molecule has 1 heterocycles. The second-order valence-electron chi connectivity index (χ2n) is 6.44. The van der Waals surface area contributed by atoms with Gasteiger partial charge in [0.15, 0.2) is 0 Å². The monoisotopic (exact) mass is 289 g/mol. The molecule has 1 aromatic carbocycles. The number of amides is 1. The molecule has 0 radical (unpaired) electrons. The highest BCUT2D eigenvalue weighted by Crippen LogP contribution is 2.34. The quantitative estimate of drug-likeness (QED) is 0.497. The highest BCUT2D eigenvalue weighted by molar-refractivity contribution is 5.83. The van der Waals surface area contributed by atoms with Crippen molar-refractivity contribution in [3.05, 3.63) is 35.9 Å². The van der Waals surface area contributed by atoms with Crippen molar-refractivity contribution in [2.45, 2.75) is 39.0 Å². The van der Waals surface area contributed by atoms with E-state index in [2.05, 4.69) is 24.2 Å². The van der Waals surface area contributed by atoms with Gasteiger partial charge in [0, 0.05) is 6.54 Å². The fourth-order valence-corrected chi connectivity index (χ4v) is 3.01. The van der Waals surface area contributed by atoms with Crippen LogP contribution < -0.4 is 11.3 Å². The Kier molecular flexibility index (Phi) is 5.37. The molecule has 1 aliphatic rings. The lowest BCUT2D eigenvalue weighted by molar-refractivity contribution is -0.123. The van der Waals surface area contributed by atoms with Crippen molar-refractivity contribution in [1.82, 2.24) is 10.3 Å². The van der Waals surface area contributed by atoms with Crippen molar-refractivity contribution < 1.29 is 4.79 Å². The molecule has 0 spiro atoms. The van der Waals surface area contributed by atoms with Crippen LogP contribution in [0.25, 0.3) is 0 Å². The maximum absolute atomic E-state index is 12.1. The van der Waals surface area contributed by atoms with Gasteiger partial charge in [-0.05, 0) is 36.9 Å². The predicted molar refractivity (Wildman–Crippen MR) is 85.6 cm³/mol. The van der Waals surface area contributed by atoms with E-state index in [1.165, 1.54) is 19.3 Å². The van der Waals surface area contributed by atoms with Crippen molar-refractivity contribution >= 4 is 5.91 Å². The van der Waals surface area contributed by atoms with Gasteiger partial charge in [-0.3, -0.25) is 10.2 Å². The molecule has 4 heteroatoms. The number of hydrazine groups is 1. The van der Waals surface area contributed by atoms with E-state index in [1.54, 1.807) is 0 Å². The highest BCUT2D eigenvalue weighted by Gasteiger charge is 2.30. The smallest absolute Gasteiger partial charge is 0.242 e. The van der Waals surface area contributed by atoms with Crippen LogP contribution >= 0.6 is 0 Å². The summed E-state index contributed by atoms with van der Waals surface area (Å²) < 4.78 is 0. The molecule has 2 rings (SSSR count). The Hall–Kier alpha value is -1.39. The lowest BCUT2D eigenvalue weighted by Crippen LogP contribution is -2.44. The Bertz CT molecular complexity index is 452. The number of rotatable bonds is 5. The summed E-state index contributed by atoms with van der Waals surface area (Å²) in [5, 5.41) is 0. The number of nitrogens with two attached hydrogens (primary N) is 1. The van der Waals surface area contributed by atoms with E-state index >= 15 is 0 Å². The Balaban J connectivity index is 2.02. The number of nitrogens with one attached hydrogen (secondary N) is 1. The van der Waals surface area contributed by atoms with E-state index in [0.29, 0.717) is 5.41 Å². The molecule has 1 atom stereocenters. The van der Waals surface area contributed by atoms with Crippen LogP contribution in [-0.4, -0.2) is 30.4 Å². The maximum atomic E-state index is 12.1. The van der Waals surface area contributed by atoms with E-state index in [9.17, 15) is 4.79 Å². The van der Waals surface area contributed by atoms with Gasteiger partial charge in [-0.15, -0.1) is 0 Å². The van der Waals surface area contributed by atoms with E-state index < -0.39 is 0 Å². The van der Waals surface area contributed by atoms with Gasteiger partial charge in [0.1, 0.15) is 0 Å². The molecule has 1 aliphatic heterocycles. The standard InChI is InChI=1S/C17H27N3O/c1-3-17(2)9-11-20(12-10-17)13-15(16(21)19-18)14-7-5-4-6-8-14/h4-8,15H,3,9-13,18H2,1-2H3,(H,19,21). The average molecular weight is 289 g/mol. The third-order valence-electron chi connectivity index (χ3n) is 5.02. The Morgan fingerprint density at radius 3 is 2.48 bits per heavy atom. The van der Waals surface area contributed by atoms with Crippen molar-refractivity contribution in [3.63, 3.8) is 0 Å². The first kappa shape index (κ1) is 16.0. The van der Waals surface area contributed by atoms with Gasteiger partial charge in [-0.1, -0.05) is 50.6 Å². The zero-order valence-corrected chi connectivity index (χ0v) is 13.1. The number of likely N-dealkylation sites (tertiary alicyclic amines) is 1. The summed E-state index contributed by atoms with van der Waals surface area (Å²) in [4.78, 5) is 14.5. The Morgan fingerprint density at radius 1 is 1.33 bits per heavy atom. The number of hydrogen-bond acceptors (Lipinski definition) is 3. The molecule has 1 aromatic rings. The number of carbonyl (C=O) groups is 1. The van der Waals surface area contributed by atoms with E-state index in [1.807, 2.05) is 30.3 Å². The molecule has 1 amide bonds. The van der Waals surface area contributed by atoms with Crippen molar-refractivity contribution in [3.8, 4) is 0 Å². The van der Waals surface area contributed by atoms with Crippen molar-refractivity contribution in [2.24, 2.45) is 11.3 Å². The Morgan fingerprint density at radius 2 is 1.95 bits per heavy atom. The second-order valence-corrected chi connectivity index (χ2v) is 6.44. The van der Waals surface area contributed by atoms with E-state index in [-0.39, 0.29) is 11.8 Å². The molecule has 1 saturated heterocycles. The molecule has 116 valence electrons. The van der Waals surface area contributed by atoms with Crippen LogP contribution in [0, 0.1) is 5.41 Å². The molecule has 0 aliphatic carbocycles. The fourth-order valence-electron chi connectivity index (χ4n) is 3.01. The summed E-state index contributed by atoms with van der Waals surface area (Å²) in [7, 11) is 0. The average Bonchev–Trinajstić information content (AvgIpc) is 2.54. The minimum Gasteiger partial charge on any atom is -0.302 e. The zero-order chi connectivity index (χ0) is 15.3. The fraction of sp³-hybridized carbons (Fsp3) is 0.588. The molecule has 21 heavy (non-hydrogen) atoms. The molecule has 1 unspecified atom stereocenters. The van der Waals surface area contributed by atoms with Crippen LogP contribution in [0.1, 0.15) is 44.6 Å². The molecule has 0 saturated carbocycles. The zero-order valence-electron chi connectivity index (χ0n) is 13.1. The normalized spacial score (nSPS) is 20.0. The first-order valence-electron chi connectivity index (χ1n) is 7.86. The predicted octanol–water partition coefficient (Wildman–Crippen LogP) is 2.27. The van der Waals surface area contributed by atoms with Gasteiger partial charge < -0.3 is 4.90 Å². The lowest BCUT2D eigenvalue weighted by Gasteiger charge is -2.40. The van der Waals surface area contributed by atoms with E-state index in [4.69, 9.17) is 5.84 Å². The van der Waals surface area contributed by atoms with Gasteiger partial charge in [0.05, 0.1) is 5.92 Å². The minimum absolute atomic E-state index is 0.106. The van der Waals surface area contributed by atoms with Crippen LogP contribution in [0.3, 0.4) is 0 Å².